The lowest BCUT2D eigenvalue weighted by Gasteiger charge is -2.24. The molecule has 0 aliphatic heterocycles. The lowest BCUT2D eigenvalue weighted by molar-refractivity contribution is 0.669. The number of amidine groups is 2. The van der Waals surface area contributed by atoms with Crippen LogP contribution in [-0.2, 0) is 6.54 Å². The number of furan rings is 1. The molecule has 10 rings (SSSR count). The molecule has 1 unspecified atom stereocenters. The highest BCUT2D eigenvalue weighted by Crippen LogP contribution is 2.43. The summed E-state index contributed by atoms with van der Waals surface area (Å²) in [6.07, 6.45) is 8.12. The summed E-state index contributed by atoms with van der Waals surface area (Å²) in [4.78, 5) is 12.2. The number of nitrogens with two attached hydrogens (primary N) is 1. The fourth-order valence-electron chi connectivity index (χ4n) is 8.91. The normalized spacial score (nSPS) is 13.0. The van der Waals surface area contributed by atoms with Gasteiger partial charge in [0.05, 0.1) is 23.1 Å². The van der Waals surface area contributed by atoms with Crippen molar-refractivity contribution in [3.63, 3.8) is 0 Å². The highest BCUT2D eigenvalue weighted by molar-refractivity contribution is 6.18. The van der Waals surface area contributed by atoms with E-state index in [-0.39, 0.29) is 5.92 Å². The SMILES string of the molecule is C/C=C\C=C/C(C)C(/N=C(\N)c1cccc2c1oc1c(-c3ccc(N(C)c4ccccc4)c(-c4ccc5c6ccccc6n(-c6ccccc6)c5c4)c3)cccc12)=N/Cc1ccccc1. The van der Waals surface area contributed by atoms with Gasteiger partial charge in [-0.1, -0.05) is 165 Å². The molecule has 1 atom stereocenters. The minimum absolute atomic E-state index is 0.0737. The monoisotopic (exact) mass is 843 g/mol. The van der Waals surface area contributed by atoms with E-state index in [1.807, 2.05) is 55.5 Å². The van der Waals surface area contributed by atoms with Crippen molar-refractivity contribution in [2.45, 2.75) is 20.4 Å². The van der Waals surface area contributed by atoms with Crippen molar-refractivity contribution < 1.29 is 4.42 Å². The minimum Gasteiger partial charge on any atom is -0.455 e. The Kier molecular flexibility index (Phi) is 11.2. The first-order valence-corrected chi connectivity index (χ1v) is 22.2. The van der Waals surface area contributed by atoms with Gasteiger partial charge in [-0.3, -0.25) is 4.99 Å². The molecule has 2 heterocycles. The lowest BCUT2D eigenvalue weighted by atomic mass is 9.95. The zero-order valence-electron chi connectivity index (χ0n) is 36.8. The van der Waals surface area contributed by atoms with Crippen LogP contribution < -0.4 is 10.6 Å². The molecule has 10 aromatic rings. The smallest absolute Gasteiger partial charge is 0.146 e. The zero-order valence-corrected chi connectivity index (χ0v) is 36.8. The summed E-state index contributed by atoms with van der Waals surface area (Å²) in [5.74, 6) is 0.931. The quantitative estimate of drug-likeness (QED) is 0.0801. The van der Waals surface area contributed by atoms with Crippen LogP contribution in [0.3, 0.4) is 0 Å². The Labute approximate surface area is 379 Å². The van der Waals surface area contributed by atoms with Gasteiger partial charge in [-0.25, -0.2) is 4.99 Å². The Morgan fingerprint density at radius 1 is 0.631 bits per heavy atom. The van der Waals surface area contributed by atoms with Crippen molar-refractivity contribution in [2.24, 2.45) is 21.6 Å². The molecule has 0 aliphatic carbocycles. The number of aliphatic imine (C=N–C) groups is 2. The van der Waals surface area contributed by atoms with Crippen molar-refractivity contribution in [1.82, 2.24) is 4.57 Å². The Bertz CT molecular complexity index is 3450. The van der Waals surface area contributed by atoms with Gasteiger partial charge >= 0.3 is 0 Å². The molecule has 65 heavy (non-hydrogen) atoms. The third-order valence-electron chi connectivity index (χ3n) is 12.2. The number of hydrogen-bond acceptors (Lipinski definition) is 3. The van der Waals surface area contributed by atoms with Crippen LogP contribution in [0.1, 0.15) is 25.0 Å². The average molecular weight is 844 g/mol. The molecule has 2 aromatic heterocycles. The summed E-state index contributed by atoms with van der Waals surface area (Å²) in [6, 6.07) is 66.1. The fourth-order valence-corrected chi connectivity index (χ4v) is 8.91. The van der Waals surface area contributed by atoms with E-state index in [0.29, 0.717) is 23.8 Å². The molecule has 0 amide bonds. The third-order valence-corrected chi connectivity index (χ3v) is 12.2. The van der Waals surface area contributed by atoms with Gasteiger partial charge < -0.3 is 19.6 Å². The number of nitrogens with zero attached hydrogens (tertiary/aromatic N) is 4. The van der Waals surface area contributed by atoms with Crippen LogP contribution >= 0.6 is 0 Å². The standard InChI is InChI=1S/C59H49N5O/c1-4-5-9-20-40(2)59(61-39-41-21-10-6-11-22-41)62-58(60)51-31-19-30-50-49-29-18-28-46(56(49)65-57(50)51)42-34-36-53(63(3)44-23-12-7-13-24-44)52(37-42)43-33-35-48-47-27-16-17-32-54(47)64(55(48)38-43)45-25-14-8-15-26-45/h4-38,40H,39H2,1-3H3,(H2,60,61,62)/b5-4-,20-9-. The van der Waals surface area contributed by atoms with Gasteiger partial charge in [-0.2, -0.15) is 0 Å². The topological polar surface area (TPSA) is 72.0 Å². The molecular formula is C59H49N5O. The van der Waals surface area contributed by atoms with Gasteiger partial charge in [-0.15, -0.1) is 0 Å². The second-order valence-corrected chi connectivity index (χ2v) is 16.4. The number of rotatable bonds is 11. The van der Waals surface area contributed by atoms with E-state index in [1.165, 1.54) is 16.3 Å². The highest BCUT2D eigenvalue weighted by atomic mass is 16.3. The van der Waals surface area contributed by atoms with Crippen LogP contribution in [0, 0.1) is 5.92 Å². The van der Waals surface area contributed by atoms with Crippen LogP contribution in [0.25, 0.3) is 71.7 Å². The van der Waals surface area contributed by atoms with Crippen LogP contribution in [-0.4, -0.2) is 23.3 Å². The van der Waals surface area contributed by atoms with Gasteiger partial charge in [0.15, 0.2) is 0 Å². The third kappa shape index (κ3) is 7.91. The number of aromatic nitrogens is 1. The first-order chi connectivity index (χ1) is 32.0. The van der Waals surface area contributed by atoms with Crippen LogP contribution in [0.2, 0.25) is 0 Å². The van der Waals surface area contributed by atoms with Gasteiger partial charge in [0.25, 0.3) is 0 Å². The molecule has 0 saturated heterocycles. The molecule has 6 nitrogen and oxygen atoms in total. The van der Waals surface area contributed by atoms with Crippen molar-refractivity contribution in [1.29, 1.82) is 0 Å². The van der Waals surface area contributed by atoms with Crippen molar-refractivity contribution in [2.75, 3.05) is 11.9 Å². The van der Waals surface area contributed by atoms with E-state index < -0.39 is 0 Å². The van der Waals surface area contributed by atoms with E-state index in [0.717, 1.165) is 72.3 Å². The predicted molar refractivity (Wildman–Crippen MR) is 275 cm³/mol. The molecule has 2 N–H and O–H groups in total. The summed E-state index contributed by atoms with van der Waals surface area (Å²) in [5, 5.41) is 4.42. The minimum atomic E-state index is -0.0737. The zero-order chi connectivity index (χ0) is 44.3. The van der Waals surface area contributed by atoms with Gasteiger partial charge in [0.2, 0.25) is 0 Å². The van der Waals surface area contributed by atoms with Crippen LogP contribution in [0.15, 0.2) is 227 Å². The lowest BCUT2D eigenvalue weighted by Crippen LogP contribution is -2.18. The number of fused-ring (bicyclic) bond motifs is 6. The van der Waals surface area contributed by atoms with Gasteiger partial charge in [-0.05, 0) is 78.2 Å². The molecule has 316 valence electrons. The number of benzene rings is 8. The van der Waals surface area contributed by atoms with Gasteiger partial charge in [0.1, 0.15) is 22.8 Å². The van der Waals surface area contributed by atoms with Crippen LogP contribution in [0.5, 0.6) is 0 Å². The first-order valence-electron chi connectivity index (χ1n) is 22.2. The number of para-hydroxylation sites is 5. The predicted octanol–water partition coefficient (Wildman–Crippen LogP) is 14.9. The van der Waals surface area contributed by atoms with Crippen molar-refractivity contribution in [3.8, 4) is 27.9 Å². The summed E-state index contributed by atoms with van der Waals surface area (Å²) in [6.45, 7) is 4.59. The van der Waals surface area contributed by atoms with E-state index in [4.69, 9.17) is 20.1 Å². The molecule has 0 fully saturated rings. The summed E-state index contributed by atoms with van der Waals surface area (Å²) in [5.41, 5.74) is 20.1. The maximum absolute atomic E-state index is 6.95. The molecular weight excluding hydrogens is 795 g/mol. The van der Waals surface area contributed by atoms with E-state index in [1.54, 1.807) is 0 Å². The largest absolute Gasteiger partial charge is 0.455 e. The number of anilines is 2. The van der Waals surface area contributed by atoms with Crippen molar-refractivity contribution in [3.05, 3.63) is 223 Å². The molecule has 0 radical (unpaired) electrons. The summed E-state index contributed by atoms with van der Waals surface area (Å²) in [7, 11) is 2.14. The van der Waals surface area contributed by atoms with E-state index in [2.05, 4.69) is 187 Å². The average Bonchev–Trinajstić information content (AvgIpc) is 3.91. The number of hydrogen-bond donors (Lipinski definition) is 1. The van der Waals surface area contributed by atoms with E-state index >= 15 is 0 Å². The molecule has 6 heteroatoms. The molecule has 0 bridgehead atoms. The Morgan fingerprint density at radius 2 is 1.28 bits per heavy atom. The van der Waals surface area contributed by atoms with Crippen LogP contribution in [0.4, 0.5) is 11.4 Å². The Balaban J connectivity index is 1.12. The summed E-state index contributed by atoms with van der Waals surface area (Å²) >= 11 is 0. The highest BCUT2D eigenvalue weighted by Gasteiger charge is 2.21. The Morgan fingerprint density at radius 3 is 2.06 bits per heavy atom. The molecule has 0 aliphatic rings. The maximum Gasteiger partial charge on any atom is 0.146 e. The van der Waals surface area contributed by atoms with Gasteiger partial charge in [0, 0.05) is 62.7 Å². The van der Waals surface area contributed by atoms with E-state index in [9.17, 15) is 0 Å². The first kappa shape index (κ1) is 40.8. The fraction of sp³-hybridized carbons (Fsp3) is 0.0847. The molecule has 8 aromatic carbocycles. The second-order valence-electron chi connectivity index (χ2n) is 16.4. The second kappa shape index (κ2) is 17.9. The molecule has 0 saturated carbocycles. The maximum atomic E-state index is 6.95. The molecule has 0 spiro atoms. The van der Waals surface area contributed by atoms with Crippen molar-refractivity contribution >= 4 is 66.8 Å². The number of allylic oxidation sites excluding steroid dienone is 3. The summed E-state index contributed by atoms with van der Waals surface area (Å²) < 4.78 is 9.33. The Hall–Kier alpha value is -8.22.